The summed E-state index contributed by atoms with van der Waals surface area (Å²) >= 11 is 2.89. The molecule has 2 rings (SSSR count). The Labute approximate surface area is 105 Å². The predicted molar refractivity (Wildman–Crippen MR) is 63.2 cm³/mol. The van der Waals surface area contributed by atoms with Crippen molar-refractivity contribution in [1.82, 2.24) is 20.2 Å². The van der Waals surface area contributed by atoms with Gasteiger partial charge < -0.3 is 5.11 Å². The molecule has 0 aliphatic rings. The monoisotopic (exact) mass is 268 g/mol. The van der Waals surface area contributed by atoms with Crippen molar-refractivity contribution in [2.24, 2.45) is 0 Å². The Morgan fingerprint density at radius 1 is 1.53 bits per heavy atom. The topological polar surface area (TPSA) is 88.9 Å². The fourth-order valence-electron chi connectivity index (χ4n) is 1.12. The summed E-state index contributed by atoms with van der Waals surface area (Å²) in [5, 5.41) is 17.7. The molecule has 0 saturated heterocycles. The second-order valence-electron chi connectivity index (χ2n) is 3.06. The number of aryl methyl sites for hydroxylation is 1. The molecule has 6 nitrogen and oxygen atoms in total. The molecule has 0 aliphatic carbocycles. The molecule has 0 unspecified atom stereocenters. The molecule has 2 aromatic rings. The number of carboxylic acids is 1. The SMILES string of the molecule is Cc1nnc(SCc2ncncc2C(=O)O)s1. The molecule has 1 N–H and O–H groups in total. The number of hydrogen-bond donors (Lipinski definition) is 1. The van der Waals surface area contributed by atoms with Crippen LogP contribution >= 0.6 is 23.1 Å². The van der Waals surface area contributed by atoms with Gasteiger partial charge in [-0.25, -0.2) is 14.8 Å². The second kappa shape index (κ2) is 5.19. The molecular formula is C9H8N4O2S2. The maximum atomic E-state index is 10.9. The van der Waals surface area contributed by atoms with Crippen molar-refractivity contribution in [3.63, 3.8) is 0 Å². The highest BCUT2D eigenvalue weighted by Gasteiger charge is 2.12. The number of aromatic nitrogens is 4. The van der Waals surface area contributed by atoms with Gasteiger partial charge in [-0.1, -0.05) is 23.1 Å². The van der Waals surface area contributed by atoms with E-state index in [1.807, 2.05) is 6.92 Å². The predicted octanol–water partition coefficient (Wildman–Crippen LogP) is 1.63. The Hall–Kier alpha value is -1.54. The van der Waals surface area contributed by atoms with Gasteiger partial charge in [0.05, 0.1) is 5.69 Å². The minimum Gasteiger partial charge on any atom is -0.478 e. The van der Waals surface area contributed by atoms with Crippen molar-refractivity contribution < 1.29 is 9.90 Å². The summed E-state index contributed by atoms with van der Waals surface area (Å²) in [6.45, 7) is 1.87. The van der Waals surface area contributed by atoms with Crippen LogP contribution < -0.4 is 0 Å². The number of carboxylic acid groups (broad SMARTS) is 1. The summed E-state index contributed by atoms with van der Waals surface area (Å²) in [5.74, 6) is -0.576. The van der Waals surface area contributed by atoms with E-state index in [2.05, 4.69) is 20.2 Å². The van der Waals surface area contributed by atoms with Crippen LogP contribution in [-0.4, -0.2) is 31.2 Å². The Balaban J connectivity index is 2.11. The quantitative estimate of drug-likeness (QED) is 0.843. The Morgan fingerprint density at radius 2 is 2.35 bits per heavy atom. The number of hydrogen-bond acceptors (Lipinski definition) is 7. The van der Waals surface area contributed by atoms with Gasteiger partial charge in [0.2, 0.25) is 0 Å². The Bertz CT molecular complexity index is 543. The zero-order valence-electron chi connectivity index (χ0n) is 8.82. The molecular weight excluding hydrogens is 260 g/mol. The minimum atomic E-state index is -1.02. The van der Waals surface area contributed by atoms with Gasteiger partial charge in [-0.15, -0.1) is 10.2 Å². The molecule has 0 fully saturated rings. The summed E-state index contributed by atoms with van der Waals surface area (Å²) in [5.41, 5.74) is 0.617. The van der Waals surface area contributed by atoms with E-state index in [1.165, 1.54) is 35.6 Å². The van der Waals surface area contributed by atoms with Crippen LogP contribution in [0.1, 0.15) is 21.1 Å². The number of carbonyl (C=O) groups is 1. The van der Waals surface area contributed by atoms with Gasteiger partial charge in [0, 0.05) is 11.9 Å². The zero-order valence-corrected chi connectivity index (χ0v) is 10.5. The molecule has 0 atom stereocenters. The molecule has 17 heavy (non-hydrogen) atoms. The summed E-state index contributed by atoms with van der Waals surface area (Å²) in [6, 6.07) is 0. The van der Waals surface area contributed by atoms with Gasteiger partial charge in [0.25, 0.3) is 0 Å². The van der Waals surface area contributed by atoms with Crippen molar-refractivity contribution in [1.29, 1.82) is 0 Å². The molecule has 0 aromatic carbocycles. The van der Waals surface area contributed by atoms with Gasteiger partial charge in [0.15, 0.2) is 4.34 Å². The zero-order chi connectivity index (χ0) is 12.3. The first kappa shape index (κ1) is 11.9. The average molecular weight is 268 g/mol. The van der Waals surface area contributed by atoms with Crippen LogP contribution in [0.5, 0.6) is 0 Å². The molecule has 8 heteroatoms. The van der Waals surface area contributed by atoms with Crippen LogP contribution in [0.3, 0.4) is 0 Å². The van der Waals surface area contributed by atoms with Crippen LogP contribution in [0.2, 0.25) is 0 Å². The molecule has 0 saturated carbocycles. The van der Waals surface area contributed by atoms with Crippen molar-refractivity contribution in [2.45, 2.75) is 17.0 Å². The van der Waals surface area contributed by atoms with E-state index in [4.69, 9.17) is 5.11 Å². The summed E-state index contributed by atoms with van der Waals surface area (Å²) in [7, 11) is 0. The number of nitrogens with zero attached hydrogens (tertiary/aromatic N) is 4. The first-order chi connectivity index (χ1) is 8.16. The standard InChI is InChI=1S/C9H8N4O2S2/c1-5-12-13-9(17-5)16-3-7-6(8(14)15)2-10-4-11-7/h2,4H,3H2,1H3,(H,14,15). The molecule has 2 heterocycles. The molecule has 0 aliphatic heterocycles. The fourth-order valence-corrected chi connectivity index (χ4v) is 2.89. The van der Waals surface area contributed by atoms with Crippen LogP contribution in [-0.2, 0) is 5.75 Å². The number of thioether (sulfide) groups is 1. The van der Waals surface area contributed by atoms with E-state index in [9.17, 15) is 4.79 Å². The van der Waals surface area contributed by atoms with Crippen molar-refractivity contribution in [3.8, 4) is 0 Å². The van der Waals surface area contributed by atoms with Crippen LogP contribution in [0.4, 0.5) is 0 Å². The van der Waals surface area contributed by atoms with E-state index in [0.717, 1.165) is 9.35 Å². The molecule has 2 aromatic heterocycles. The fraction of sp³-hybridized carbons (Fsp3) is 0.222. The van der Waals surface area contributed by atoms with Gasteiger partial charge in [-0.2, -0.15) is 0 Å². The maximum Gasteiger partial charge on any atom is 0.339 e. The van der Waals surface area contributed by atoms with Crippen molar-refractivity contribution in [3.05, 3.63) is 28.8 Å². The van der Waals surface area contributed by atoms with Gasteiger partial charge in [0.1, 0.15) is 16.9 Å². The third kappa shape index (κ3) is 2.98. The summed E-state index contributed by atoms with van der Waals surface area (Å²) < 4.78 is 0.803. The summed E-state index contributed by atoms with van der Waals surface area (Å²) in [6.07, 6.45) is 2.64. The minimum absolute atomic E-state index is 0.126. The van der Waals surface area contributed by atoms with E-state index in [0.29, 0.717) is 11.4 Å². The van der Waals surface area contributed by atoms with Crippen LogP contribution in [0.25, 0.3) is 0 Å². The average Bonchev–Trinajstić information content (AvgIpc) is 2.73. The first-order valence-electron chi connectivity index (χ1n) is 4.62. The largest absolute Gasteiger partial charge is 0.478 e. The van der Waals surface area contributed by atoms with Gasteiger partial charge >= 0.3 is 5.97 Å². The maximum absolute atomic E-state index is 10.9. The third-order valence-corrected chi connectivity index (χ3v) is 3.85. The molecule has 88 valence electrons. The lowest BCUT2D eigenvalue weighted by atomic mass is 10.2. The van der Waals surface area contributed by atoms with Gasteiger partial charge in [-0.3, -0.25) is 0 Å². The molecule has 0 amide bonds. The smallest absolute Gasteiger partial charge is 0.339 e. The Kier molecular flexibility index (Phi) is 3.64. The lowest BCUT2D eigenvalue weighted by molar-refractivity contribution is 0.0695. The lowest BCUT2D eigenvalue weighted by Crippen LogP contribution is -2.04. The summed E-state index contributed by atoms with van der Waals surface area (Å²) in [4.78, 5) is 18.6. The van der Waals surface area contributed by atoms with E-state index in [1.54, 1.807) is 0 Å². The van der Waals surface area contributed by atoms with Crippen LogP contribution in [0, 0.1) is 6.92 Å². The van der Waals surface area contributed by atoms with Crippen LogP contribution in [0.15, 0.2) is 16.9 Å². The molecule has 0 radical (unpaired) electrons. The third-order valence-electron chi connectivity index (χ3n) is 1.87. The molecule has 0 spiro atoms. The highest BCUT2D eigenvalue weighted by molar-refractivity contribution is 8.00. The van der Waals surface area contributed by atoms with Crippen molar-refractivity contribution in [2.75, 3.05) is 0 Å². The Morgan fingerprint density at radius 3 is 3.00 bits per heavy atom. The lowest BCUT2D eigenvalue weighted by Gasteiger charge is -2.01. The van der Waals surface area contributed by atoms with E-state index in [-0.39, 0.29) is 5.56 Å². The first-order valence-corrected chi connectivity index (χ1v) is 6.42. The van der Waals surface area contributed by atoms with Crippen molar-refractivity contribution >= 4 is 29.1 Å². The van der Waals surface area contributed by atoms with E-state index < -0.39 is 5.97 Å². The number of aromatic carboxylic acids is 1. The molecule has 0 bridgehead atoms. The highest BCUT2D eigenvalue weighted by atomic mass is 32.2. The normalized spacial score (nSPS) is 10.4. The second-order valence-corrected chi connectivity index (χ2v) is 5.47. The number of rotatable bonds is 4. The highest BCUT2D eigenvalue weighted by Crippen LogP contribution is 2.25. The van der Waals surface area contributed by atoms with Gasteiger partial charge in [-0.05, 0) is 6.92 Å². The van der Waals surface area contributed by atoms with E-state index >= 15 is 0 Å².